The van der Waals surface area contributed by atoms with Crippen LogP contribution in [0.2, 0.25) is 0 Å². The largest absolute Gasteiger partial charge is 0.351 e. The Morgan fingerprint density at radius 1 is 1.42 bits per heavy atom. The molecule has 0 atom stereocenters. The Balaban J connectivity index is 3.71. The van der Waals surface area contributed by atoms with Crippen LogP contribution in [0.5, 0.6) is 0 Å². The van der Waals surface area contributed by atoms with Crippen LogP contribution in [0.15, 0.2) is 0 Å². The van der Waals surface area contributed by atoms with Crippen LogP contribution in [0.25, 0.3) is 0 Å². The van der Waals surface area contributed by atoms with E-state index in [1.807, 2.05) is 6.92 Å². The van der Waals surface area contributed by atoms with Gasteiger partial charge in [0.25, 0.3) is 0 Å². The number of nitrogens with two attached hydrogens (primary N) is 1. The molecule has 0 aromatic carbocycles. The van der Waals surface area contributed by atoms with E-state index in [9.17, 15) is 4.79 Å². The van der Waals surface area contributed by atoms with Gasteiger partial charge >= 0.3 is 6.03 Å². The fourth-order valence-corrected chi connectivity index (χ4v) is 1.02. The number of hydrogen-bond acceptors (Lipinski definition) is 1. The first-order chi connectivity index (χ1) is 5.57. The zero-order valence-electron chi connectivity index (χ0n) is 8.34. The Labute approximate surface area is 74.9 Å². The minimum atomic E-state index is -0.294. The molecule has 0 spiro atoms. The summed E-state index contributed by atoms with van der Waals surface area (Å²) in [6.45, 7) is 7.91. The van der Waals surface area contributed by atoms with Crippen molar-refractivity contribution in [3.05, 3.63) is 0 Å². The molecule has 0 aliphatic heterocycles. The molecule has 0 unspecified atom stereocenters. The third-order valence-corrected chi connectivity index (χ3v) is 1.78. The van der Waals surface area contributed by atoms with Crippen LogP contribution in [0.3, 0.4) is 0 Å². The van der Waals surface area contributed by atoms with Crippen LogP contribution < -0.4 is 5.73 Å². The monoisotopic (exact) mass is 172 g/mol. The Hall–Kier alpha value is -0.730. The fourth-order valence-electron chi connectivity index (χ4n) is 1.02. The molecule has 12 heavy (non-hydrogen) atoms. The van der Waals surface area contributed by atoms with E-state index in [2.05, 4.69) is 13.8 Å². The van der Waals surface area contributed by atoms with E-state index < -0.39 is 0 Å². The van der Waals surface area contributed by atoms with Crippen molar-refractivity contribution in [1.82, 2.24) is 4.90 Å². The number of hydrogen-bond donors (Lipinski definition) is 1. The van der Waals surface area contributed by atoms with E-state index >= 15 is 0 Å². The van der Waals surface area contributed by atoms with Crippen molar-refractivity contribution in [3.8, 4) is 0 Å². The number of carbonyl (C=O) groups excluding carboxylic acids is 1. The van der Waals surface area contributed by atoms with Crippen molar-refractivity contribution in [2.45, 2.75) is 33.6 Å². The van der Waals surface area contributed by atoms with Crippen LogP contribution in [0, 0.1) is 5.92 Å². The van der Waals surface area contributed by atoms with Crippen molar-refractivity contribution in [2.75, 3.05) is 13.1 Å². The van der Waals surface area contributed by atoms with Crippen LogP contribution in [0.4, 0.5) is 4.79 Å². The third-order valence-electron chi connectivity index (χ3n) is 1.78. The standard InChI is InChI=1S/C9H20N2O/c1-4-6-11(9(10)12)7-5-8(2)3/h8H,4-7H2,1-3H3,(H2,10,12). The Morgan fingerprint density at radius 2 is 2.00 bits per heavy atom. The number of nitrogens with zero attached hydrogens (tertiary/aromatic N) is 1. The van der Waals surface area contributed by atoms with Gasteiger partial charge in [-0.25, -0.2) is 4.79 Å². The summed E-state index contributed by atoms with van der Waals surface area (Å²) in [6.07, 6.45) is 2.00. The average molecular weight is 172 g/mol. The van der Waals surface area contributed by atoms with Crippen LogP contribution in [0.1, 0.15) is 33.6 Å². The molecule has 2 amide bonds. The second-order valence-corrected chi connectivity index (χ2v) is 3.51. The molecule has 3 heteroatoms. The molecule has 3 nitrogen and oxygen atoms in total. The third kappa shape index (κ3) is 4.99. The molecule has 0 aliphatic rings. The van der Waals surface area contributed by atoms with Crippen molar-refractivity contribution >= 4 is 6.03 Å². The van der Waals surface area contributed by atoms with Gasteiger partial charge in [0.2, 0.25) is 0 Å². The molecular formula is C9H20N2O. The smallest absolute Gasteiger partial charge is 0.314 e. The van der Waals surface area contributed by atoms with Gasteiger partial charge < -0.3 is 10.6 Å². The normalized spacial score (nSPS) is 10.3. The lowest BCUT2D eigenvalue weighted by atomic mass is 10.1. The minimum absolute atomic E-state index is 0.294. The maximum atomic E-state index is 10.9. The molecule has 0 aliphatic carbocycles. The summed E-state index contributed by atoms with van der Waals surface area (Å²) in [5.41, 5.74) is 5.20. The maximum absolute atomic E-state index is 10.9. The molecule has 0 saturated heterocycles. The second-order valence-electron chi connectivity index (χ2n) is 3.51. The van der Waals surface area contributed by atoms with E-state index in [1.54, 1.807) is 4.90 Å². The van der Waals surface area contributed by atoms with E-state index in [-0.39, 0.29) is 6.03 Å². The van der Waals surface area contributed by atoms with Crippen LogP contribution in [-0.2, 0) is 0 Å². The first kappa shape index (κ1) is 11.3. The first-order valence-corrected chi connectivity index (χ1v) is 4.62. The van der Waals surface area contributed by atoms with E-state index in [4.69, 9.17) is 5.73 Å². The van der Waals surface area contributed by atoms with Gasteiger partial charge in [0.05, 0.1) is 0 Å². The summed E-state index contributed by atoms with van der Waals surface area (Å²) in [5, 5.41) is 0. The highest BCUT2D eigenvalue weighted by Gasteiger charge is 2.07. The SMILES string of the molecule is CCCN(CCC(C)C)C(N)=O. The molecule has 72 valence electrons. The molecular weight excluding hydrogens is 152 g/mol. The molecule has 0 heterocycles. The summed E-state index contributed by atoms with van der Waals surface area (Å²) < 4.78 is 0. The highest BCUT2D eigenvalue weighted by atomic mass is 16.2. The predicted octanol–water partition coefficient (Wildman–Crippen LogP) is 1.82. The second kappa shape index (κ2) is 5.86. The molecule has 0 rings (SSSR count). The summed E-state index contributed by atoms with van der Waals surface area (Å²) >= 11 is 0. The average Bonchev–Trinajstić information content (AvgIpc) is 1.96. The highest BCUT2D eigenvalue weighted by Crippen LogP contribution is 2.02. The lowest BCUT2D eigenvalue weighted by Crippen LogP contribution is -2.37. The van der Waals surface area contributed by atoms with E-state index in [0.29, 0.717) is 5.92 Å². The summed E-state index contributed by atoms with van der Waals surface area (Å²) in [5.74, 6) is 0.628. The summed E-state index contributed by atoms with van der Waals surface area (Å²) in [6, 6.07) is -0.294. The zero-order valence-corrected chi connectivity index (χ0v) is 8.34. The number of amides is 2. The van der Waals surface area contributed by atoms with E-state index in [1.165, 1.54) is 0 Å². The Morgan fingerprint density at radius 3 is 2.33 bits per heavy atom. The first-order valence-electron chi connectivity index (χ1n) is 4.62. The van der Waals surface area contributed by atoms with Crippen molar-refractivity contribution < 1.29 is 4.79 Å². The van der Waals surface area contributed by atoms with Crippen molar-refractivity contribution in [3.63, 3.8) is 0 Å². The van der Waals surface area contributed by atoms with Gasteiger partial charge in [-0.05, 0) is 18.8 Å². The Bertz CT molecular complexity index is 134. The van der Waals surface area contributed by atoms with Gasteiger partial charge in [-0.3, -0.25) is 0 Å². The van der Waals surface area contributed by atoms with Crippen LogP contribution >= 0.6 is 0 Å². The highest BCUT2D eigenvalue weighted by molar-refractivity contribution is 5.71. The fraction of sp³-hybridized carbons (Fsp3) is 0.889. The quantitative estimate of drug-likeness (QED) is 0.675. The number of urea groups is 1. The predicted molar refractivity (Wildman–Crippen MR) is 50.9 cm³/mol. The van der Waals surface area contributed by atoms with Crippen molar-refractivity contribution in [1.29, 1.82) is 0 Å². The summed E-state index contributed by atoms with van der Waals surface area (Å²) in [4.78, 5) is 12.6. The molecule has 0 radical (unpaired) electrons. The molecule has 0 fully saturated rings. The number of primary amides is 1. The maximum Gasteiger partial charge on any atom is 0.314 e. The topological polar surface area (TPSA) is 46.3 Å². The molecule has 0 saturated carbocycles. The molecule has 0 aromatic heterocycles. The molecule has 0 bridgehead atoms. The van der Waals surface area contributed by atoms with Crippen molar-refractivity contribution in [2.24, 2.45) is 11.7 Å². The van der Waals surface area contributed by atoms with Gasteiger partial charge in [0, 0.05) is 13.1 Å². The van der Waals surface area contributed by atoms with Gasteiger partial charge in [-0.15, -0.1) is 0 Å². The van der Waals surface area contributed by atoms with E-state index in [0.717, 1.165) is 25.9 Å². The molecule has 2 N–H and O–H groups in total. The van der Waals surface area contributed by atoms with Gasteiger partial charge in [0.1, 0.15) is 0 Å². The molecule has 0 aromatic rings. The lowest BCUT2D eigenvalue weighted by molar-refractivity contribution is 0.204. The summed E-state index contributed by atoms with van der Waals surface area (Å²) in [7, 11) is 0. The number of carbonyl (C=O) groups is 1. The Kier molecular flexibility index (Phi) is 5.51. The lowest BCUT2D eigenvalue weighted by Gasteiger charge is -2.20. The minimum Gasteiger partial charge on any atom is -0.351 e. The zero-order chi connectivity index (χ0) is 9.56. The van der Waals surface area contributed by atoms with Gasteiger partial charge in [-0.2, -0.15) is 0 Å². The van der Waals surface area contributed by atoms with Gasteiger partial charge in [-0.1, -0.05) is 20.8 Å². The van der Waals surface area contributed by atoms with Crippen LogP contribution in [-0.4, -0.2) is 24.0 Å². The number of rotatable bonds is 5. The van der Waals surface area contributed by atoms with Gasteiger partial charge in [0.15, 0.2) is 0 Å².